The molecule has 3 unspecified atom stereocenters. The van der Waals surface area contributed by atoms with Gasteiger partial charge in [0.15, 0.2) is 0 Å². The minimum atomic E-state index is -0.00976. The fourth-order valence-electron chi connectivity index (χ4n) is 3.22. The average Bonchev–Trinajstić information content (AvgIpc) is 3.03. The highest BCUT2D eigenvalue weighted by atomic mass is 32.1. The topological polar surface area (TPSA) is 32.3 Å². The van der Waals surface area contributed by atoms with Crippen LogP contribution in [0.15, 0.2) is 16.8 Å². The number of thiophene rings is 1. The Bertz CT molecular complexity index is 444. The standard InChI is InChI=1S/C17H28N2OS/c1-5-6-7-15-17(20)19(13(4)10-12(2)3)16(18-15)14-8-9-21-11-14/h8-9,11-13,15-16,18H,5-7,10H2,1-4H3. The molecule has 2 heterocycles. The van der Waals surface area contributed by atoms with Crippen LogP contribution in [-0.4, -0.2) is 22.9 Å². The summed E-state index contributed by atoms with van der Waals surface area (Å²) >= 11 is 1.70. The van der Waals surface area contributed by atoms with Crippen molar-refractivity contribution in [3.05, 3.63) is 22.4 Å². The summed E-state index contributed by atoms with van der Waals surface area (Å²) in [4.78, 5) is 14.9. The number of carbonyl (C=O) groups is 1. The number of carbonyl (C=O) groups excluding carboxylic acids is 1. The second kappa shape index (κ2) is 7.41. The summed E-state index contributed by atoms with van der Waals surface area (Å²) in [7, 11) is 0. The van der Waals surface area contributed by atoms with E-state index in [0.717, 1.165) is 25.7 Å². The van der Waals surface area contributed by atoms with Crippen molar-refractivity contribution in [1.82, 2.24) is 10.2 Å². The first kappa shape index (κ1) is 16.5. The molecule has 1 aromatic heterocycles. The van der Waals surface area contributed by atoms with Gasteiger partial charge in [0, 0.05) is 6.04 Å². The lowest BCUT2D eigenvalue weighted by Crippen LogP contribution is -2.39. The maximum atomic E-state index is 12.8. The quantitative estimate of drug-likeness (QED) is 0.820. The zero-order chi connectivity index (χ0) is 15.4. The molecule has 3 nitrogen and oxygen atoms in total. The van der Waals surface area contributed by atoms with E-state index in [1.807, 2.05) is 0 Å². The second-order valence-electron chi connectivity index (χ2n) is 6.54. The molecule has 0 aliphatic carbocycles. The van der Waals surface area contributed by atoms with Crippen LogP contribution < -0.4 is 5.32 Å². The van der Waals surface area contributed by atoms with E-state index >= 15 is 0 Å². The smallest absolute Gasteiger partial charge is 0.241 e. The van der Waals surface area contributed by atoms with Crippen molar-refractivity contribution in [2.75, 3.05) is 0 Å². The van der Waals surface area contributed by atoms with Crippen LogP contribution in [0.1, 0.15) is 65.1 Å². The lowest BCUT2D eigenvalue weighted by molar-refractivity contribution is -0.132. The first-order valence-corrected chi connectivity index (χ1v) is 9.09. The molecule has 0 aromatic carbocycles. The van der Waals surface area contributed by atoms with Gasteiger partial charge in [-0.1, -0.05) is 33.6 Å². The molecular weight excluding hydrogens is 280 g/mol. The zero-order valence-corrected chi connectivity index (χ0v) is 14.5. The molecule has 1 amide bonds. The molecule has 0 radical (unpaired) electrons. The third-order valence-electron chi connectivity index (χ3n) is 4.18. The molecule has 1 aliphatic heterocycles. The third-order valence-corrected chi connectivity index (χ3v) is 4.88. The van der Waals surface area contributed by atoms with E-state index in [9.17, 15) is 4.79 Å². The molecule has 0 spiro atoms. The zero-order valence-electron chi connectivity index (χ0n) is 13.6. The minimum absolute atomic E-state index is 0.00976. The monoisotopic (exact) mass is 308 g/mol. The number of hydrogen-bond donors (Lipinski definition) is 1. The summed E-state index contributed by atoms with van der Waals surface area (Å²) in [6.45, 7) is 8.80. The van der Waals surface area contributed by atoms with E-state index in [4.69, 9.17) is 0 Å². The number of unbranched alkanes of at least 4 members (excludes halogenated alkanes) is 1. The van der Waals surface area contributed by atoms with E-state index in [-0.39, 0.29) is 24.2 Å². The number of hydrogen-bond acceptors (Lipinski definition) is 3. The Hall–Kier alpha value is -0.870. The Morgan fingerprint density at radius 2 is 2.14 bits per heavy atom. The Kier molecular flexibility index (Phi) is 5.82. The van der Waals surface area contributed by atoms with Gasteiger partial charge >= 0.3 is 0 Å². The van der Waals surface area contributed by atoms with Gasteiger partial charge in [-0.15, -0.1) is 0 Å². The van der Waals surface area contributed by atoms with Gasteiger partial charge in [0.2, 0.25) is 5.91 Å². The van der Waals surface area contributed by atoms with Gasteiger partial charge in [-0.2, -0.15) is 11.3 Å². The maximum Gasteiger partial charge on any atom is 0.241 e. The highest BCUT2D eigenvalue weighted by molar-refractivity contribution is 7.07. The number of nitrogens with one attached hydrogen (secondary N) is 1. The van der Waals surface area contributed by atoms with E-state index in [0.29, 0.717) is 5.92 Å². The van der Waals surface area contributed by atoms with Gasteiger partial charge in [-0.05, 0) is 48.1 Å². The summed E-state index contributed by atoms with van der Waals surface area (Å²) in [5, 5.41) is 7.81. The fourth-order valence-corrected chi connectivity index (χ4v) is 3.90. The second-order valence-corrected chi connectivity index (χ2v) is 7.32. The van der Waals surface area contributed by atoms with E-state index in [2.05, 4.69) is 54.7 Å². The summed E-state index contributed by atoms with van der Waals surface area (Å²) < 4.78 is 0. The molecular formula is C17H28N2OS. The molecule has 1 N–H and O–H groups in total. The van der Waals surface area contributed by atoms with Crippen LogP contribution >= 0.6 is 11.3 Å². The van der Waals surface area contributed by atoms with Crippen molar-refractivity contribution in [3.63, 3.8) is 0 Å². The van der Waals surface area contributed by atoms with E-state index in [1.54, 1.807) is 11.3 Å². The molecule has 3 atom stereocenters. The molecule has 1 aromatic rings. The SMILES string of the molecule is CCCCC1NC(c2ccsc2)N(C(C)CC(C)C)C1=O. The van der Waals surface area contributed by atoms with Crippen molar-refractivity contribution >= 4 is 17.2 Å². The summed E-state index contributed by atoms with van der Waals surface area (Å²) in [5.74, 6) is 0.887. The van der Waals surface area contributed by atoms with Crippen LogP contribution in [0.3, 0.4) is 0 Å². The van der Waals surface area contributed by atoms with Crippen LogP contribution in [-0.2, 0) is 4.79 Å². The molecule has 1 fully saturated rings. The van der Waals surface area contributed by atoms with Crippen LogP contribution in [0.5, 0.6) is 0 Å². The Labute approximate surface area is 132 Å². The minimum Gasteiger partial charge on any atom is -0.319 e. The first-order valence-electron chi connectivity index (χ1n) is 8.14. The number of amides is 1. The number of nitrogens with zero attached hydrogens (tertiary/aromatic N) is 1. The van der Waals surface area contributed by atoms with Crippen molar-refractivity contribution in [2.45, 2.75) is 71.6 Å². The molecule has 1 saturated heterocycles. The van der Waals surface area contributed by atoms with Gasteiger partial charge in [-0.25, -0.2) is 0 Å². The summed E-state index contributed by atoms with van der Waals surface area (Å²) in [6, 6.07) is 2.40. The number of rotatable bonds is 7. The van der Waals surface area contributed by atoms with Crippen molar-refractivity contribution < 1.29 is 4.79 Å². The largest absolute Gasteiger partial charge is 0.319 e. The van der Waals surface area contributed by atoms with Crippen LogP contribution in [0, 0.1) is 5.92 Å². The summed E-state index contributed by atoms with van der Waals surface area (Å²) in [5.41, 5.74) is 1.22. The predicted molar refractivity (Wildman–Crippen MR) is 89.3 cm³/mol. The summed E-state index contributed by atoms with van der Waals surface area (Å²) in [6.07, 6.45) is 4.29. The van der Waals surface area contributed by atoms with E-state index < -0.39 is 0 Å². The molecule has 118 valence electrons. The van der Waals surface area contributed by atoms with E-state index in [1.165, 1.54) is 5.56 Å². The Balaban J connectivity index is 2.17. The molecule has 21 heavy (non-hydrogen) atoms. The molecule has 4 heteroatoms. The lowest BCUT2D eigenvalue weighted by atomic mass is 10.0. The Morgan fingerprint density at radius 1 is 1.38 bits per heavy atom. The third kappa shape index (κ3) is 3.86. The molecule has 0 bridgehead atoms. The van der Waals surface area contributed by atoms with Gasteiger partial charge in [0.1, 0.15) is 6.17 Å². The molecule has 0 saturated carbocycles. The highest BCUT2D eigenvalue weighted by Crippen LogP contribution is 2.32. The van der Waals surface area contributed by atoms with Crippen molar-refractivity contribution in [2.24, 2.45) is 5.92 Å². The van der Waals surface area contributed by atoms with Crippen molar-refractivity contribution in [1.29, 1.82) is 0 Å². The molecule has 1 aliphatic rings. The van der Waals surface area contributed by atoms with Crippen molar-refractivity contribution in [3.8, 4) is 0 Å². The predicted octanol–water partition coefficient (Wildman–Crippen LogP) is 4.17. The van der Waals surface area contributed by atoms with Gasteiger partial charge < -0.3 is 4.90 Å². The Morgan fingerprint density at radius 3 is 2.71 bits per heavy atom. The van der Waals surface area contributed by atoms with Crippen LogP contribution in [0.4, 0.5) is 0 Å². The maximum absolute atomic E-state index is 12.8. The first-order chi connectivity index (χ1) is 10.0. The van der Waals surface area contributed by atoms with Crippen LogP contribution in [0.2, 0.25) is 0 Å². The lowest BCUT2D eigenvalue weighted by Gasteiger charge is -2.31. The van der Waals surface area contributed by atoms with Crippen LogP contribution in [0.25, 0.3) is 0 Å². The molecule has 2 rings (SSSR count). The normalized spacial score (nSPS) is 24.0. The van der Waals surface area contributed by atoms with Gasteiger partial charge in [0.25, 0.3) is 0 Å². The van der Waals surface area contributed by atoms with Gasteiger partial charge in [-0.3, -0.25) is 10.1 Å². The van der Waals surface area contributed by atoms with Gasteiger partial charge in [0.05, 0.1) is 6.04 Å². The fraction of sp³-hybridized carbons (Fsp3) is 0.706. The highest BCUT2D eigenvalue weighted by Gasteiger charge is 2.41. The average molecular weight is 308 g/mol.